The van der Waals surface area contributed by atoms with Crippen LogP contribution < -0.4 is 10.1 Å². The predicted octanol–water partition coefficient (Wildman–Crippen LogP) is 3.78. The summed E-state index contributed by atoms with van der Waals surface area (Å²) < 4.78 is 5.45. The van der Waals surface area contributed by atoms with E-state index in [4.69, 9.17) is 4.74 Å². The Morgan fingerprint density at radius 2 is 2.00 bits per heavy atom. The summed E-state index contributed by atoms with van der Waals surface area (Å²) >= 11 is 0. The van der Waals surface area contributed by atoms with Gasteiger partial charge in [0.2, 0.25) is 0 Å². The van der Waals surface area contributed by atoms with Crippen molar-refractivity contribution in [2.45, 2.75) is 32.6 Å². The summed E-state index contributed by atoms with van der Waals surface area (Å²) in [6.45, 7) is 7.08. The maximum atomic E-state index is 12.0. The number of amides is 1. The third kappa shape index (κ3) is 5.24. The lowest BCUT2D eigenvalue weighted by molar-refractivity contribution is 0.0954. The molecule has 130 valence electrons. The number of hydrogen-bond donors (Lipinski definition) is 1. The first-order valence-electron chi connectivity index (χ1n) is 7.77. The first-order valence-corrected chi connectivity index (χ1v) is 7.77. The molecule has 1 aromatic heterocycles. The van der Waals surface area contributed by atoms with Crippen LogP contribution in [0.1, 0.15) is 42.3 Å². The topological polar surface area (TPSA) is 51.2 Å². The van der Waals surface area contributed by atoms with E-state index in [9.17, 15) is 4.79 Å². The van der Waals surface area contributed by atoms with Crippen LogP contribution in [0.4, 0.5) is 0 Å². The van der Waals surface area contributed by atoms with Crippen LogP contribution >= 0.6 is 12.4 Å². The molecule has 0 unspecified atom stereocenters. The highest BCUT2D eigenvalue weighted by molar-refractivity contribution is 5.93. The summed E-state index contributed by atoms with van der Waals surface area (Å²) in [6.07, 6.45) is 4.00. The van der Waals surface area contributed by atoms with Crippen LogP contribution in [0.3, 0.4) is 0 Å². The van der Waals surface area contributed by atoms with Gasteiger partial charge in [0.05, 0.1) is 12.7 Å². The summed E-state index contributed by atoms with van der Waals surface area (Å²) in [5, 5.41) is 2.92. The van der Waals surface area contributed by atoms with Crippen molar-refractivity contribution in [1.82, 2.24) is 10.3 Å². The Hall–Kier alpha value is -2.07. The molecule has 0 aliphatic heterocycles. The number of carbonyl (C=O) groups is 1. The number of nitrogens with zero attached hydrogens (tertiary/aromatic N) is 1. The molecule has 1 amide bonds. The molecule has 5 heteroatoms. The van der Waals surface area contributed by atoms with Crippen LogP contribution in [0.5, 0.6) is 5.75 Å². The maximum absolute atomic E-state index is 12.0. The lowest BCUT2D eigenvalue weighted by Crippen LogP contribution is -2.25. The fraction of sp³-hybridized carbons (Fsp3) is 0.368. The van der Waals surface area contributed by atoms with E-state index in [1.165, 1.54) is 11.1 Å². The molecule has 4 nitrogen and oxygen atoms in total. The minimum Gasteiger partial charge on any atom is -0.496 e. The smallest absolute Gasteiger partial charge is 0.252 e. The monoisotopic (exact) mass is 348 g/mol. The minimum absolute atomic E-state index is 0. The molecule has 0 fully saturated rings. The number of carbonyl (C=O) groups excluding carboxylic acids is 1. The van der Waals surface area contributed by atoms with Gasteiger partial charge in [0.15, 0.2) is 0 Å². The van der Waals surface area contributed by atoms with Crippen molar-refractivity contribution in [1.29, 1.82) is 0 Å². The normalized spacial score (nSPS) is 10.7. The van der Waals surface area contributed by atoms with Crippen molar-refractivity contribution < 1.29 is 9.53 Å². The van der Waals surface area contributed by atoms with Gasteiger partial charge in [-0.1, -0.05) is 32.9 Å². The Morgan fingerprint density at radius 1 is 1.25 bits per heavy atom. The number of halogens is 1. The zero-order valence-corrected chi connectivity index (χ0v) is 15.4. The fourth-order valence-corrected chi connectivity index (χ4v) is 2.42. The summed E-state index contributed by atoms with van der Waals surface area (Å²) in [7, 11) is 1.69. The second-order valence-electron chi connectivity index (χ2n) is 6.53. The van der Waals surface area contributed by atoms with Crippen molar-refractivity contribution in [3.63, 3.8) is 0 Å². The van der Waals surface area contributed by atoms with Gasteiger partial charge in [-0.25, -0.2) is 0 Å². The lowest BCUT2D eigenvalue weighted by atomic mass is 9.85. The number of benzene rings is 1. The van der Waals surface area contributed by atoms with E-state index in [-0.39, 0.29) is 23.7 Å². The van der Waals surface area contributed by atoms with Crippen molar-refractivity contribution in [3.05, 3.63) is 59.4 Å². The van der Waals surface area contributed by atoms with Crippen LogP contribution in [-0.2, 0) is 11.8 Å². The van der Waals surface area contributed by atoms with Gasteiger partial charge >= 0.3 is 0 Å². The fourth-order valence-electron chi connectivity index (χ4n) is 2.42. The number of nitrogens with one attached hydrogen (secondary N) is 1. The molecular weight excluding hydrogens is 324 g/mol. The third-order valence-electron chi connectivity index (χ3n) is 3.69. The Morgan fingerprint density at radius 3 is 2.58 bits per heavy atom. The van der Waals surface area contributed by atoms with Gasteiger partial charge in [-0.3, -0.25) is 9.78 Å². The van der Waals surface area contributed by atoms with Gasteiger partial charge in [0.1, 0.15) is 5.75 Å². The number of hydrogen-bond acceptors (Lipinski definition) is 3. The molecule has 0 atom stereocenters. The lowest BCUT2D eigenvalue weighted by Gasteiger charge is -2.23. The highest BCUT2D eigenvalue weighted by Gasteiger charge is 2.19. The molecule has 0 aliphatic rings. The molecule has 1 N–H and O–H groups in total. The highest BCUT2D eigenvalue weighted by atomic mass is 35.5. The van der Waals surface area contributed by atoms with Crippen molar-refractivity contribution in [2.24, 2.45) is 0 Å². The summed E-state index contributed by atoms with van der Waals surface area (Å²) in [5.41, 5.74) is 2.95. The Balaban J connectivity index is 0.00000288. The van der Waals surface area contributed by atoms with Gasteiger partial charge in [-0.05, 0) is 41.2 Å². The van der Waals surface area contributed by atoms with Crippen molar-refractivity contribution >= 4 is 18.3 Å². The van der Waals surface area contributed by atoms with Crippen molar-refractivity contribution in [3.8, 4) is 5.75 Å². The molecule has 24 heavy (non-hydrogen) atoms. The average Bonchev–Trinajstić information content (AvgIpc) is 2.54. The van der Waals surface area contributed by atoms with Gasteiger partial charge in [0.25, 0.3) is 5.91 Å². The predicted molar refractivity (Wildman–Crippen MR) is 99.2 cm³/mol. The number of ether oxygens (including phenoxy) is 1. The first kappa shape index (κ1) is 20.0. The van der Waals surface area contributed by atoms with Crippen LogP contribution in [0.2, 0.25) is 0 Å². The van der Waals surface area contributed by atoms with E-state index >= 15 is 0 Å². The van der Waals surface area contributed by atoms with E-state index in [1.807, 2.05) is 12.1 Å². The minimum atomic E-state index is -0.0948. The van der Waals surface area contributed by atoms with E-state index in [2.05, 4.69) is 37.1 Å². The number of methoxy groups -OCH3 is 1. The summed E-state index contributed by atoms with van der Waals surface area (Å²) in [4.78, 5) is 15.9. The van der Waals surface area contributed by atoms with Gasteiger partial charge in [-0.2, -0.15) is 0 Å². The second-order valence-corrected chi connectivity index (χ2v) is 6.53. The number of aromatic nitrogens is 1. The summed E-state index contributed by atoms with van der Waals surface area (Å²) in [6, 6.07) is 9.72. The van der Waals surface area contributed by atoms with Crippen LogP contribution in [0.25, 0.3) is 0 Å². The molecule has 0 spiro atoms. The zero-order valence-electron chi connectivity index (χ0n) is 14.6. The standard InChI is InChI=1S/C19H24N2O2.ClH/c1-19(2,3)16-12-14(7-8-17(16)23-4)9-11-21-18(22)15-6-5-10-20-13-15;/h5-8,10,12-13H,9,11H2,1-4H3,(H,21,22);1H. The van der Waals surface area contributed by atoms with E-state index in [1.54, 1.807) is 31.6 Å². The third-order valence-corrected chi connectivity index (χ3v) is 3.69. The second kappa shape index (κ2) is 8.69. The molecule has 2 aromatic rings. The number of pyridine rings is 1. The molecular formula is C19H25ClN2O2. The molecule has 0 saturated heterocycles. The SMILES string of the molecule is COc1ccc(CCNC(=O)c2cccnc2)cc1C(C)(C)C.Cl. The maximum Gasteiger partial charge on any atom is 0.252 e. The zero-order chi connectivity index (χ0) is 16.9. The van der Waals surface area contributed by atoms with Crippen LogP contribution in [0.15, 0.2) is 42.7 Å². The van der Waals surface area contributed by atoms with Gasteiger partial charge in [0, 0.05) is 18.9 Å². The molecule has 2 rings (SSSR count). The van der Waals surface area contributed by atoms with Crippen LogP contribution in [-0.4, -0.2) is 24.5 Å². The van der Waals surface area contributed by atoms with Crippen molar-refractivity contribution in [2.75, 3.05) is 13.7 Å². The van der Waals surface area contributed by atoms with Gasteiger partial charge in [-0.15, -0.1) is 12.4 Å². The molecule has 0 saturated carbocycles. The van der Waals surface area contributed by atoms with Gasteiger partial charge < -0.3 is 10.1 Å². The summed E-state index contributed by atoms with van der Waals surface area (Å²) in [5.74, 6) is 0.809. The Bertz CT molecular complexity index is 667. The largest absolute Gasteiger partial charge is 0.496 e. The molecule has 0 bridgehead atoms. The average molecular weight is 349 g/mol. The van der Waals surface area contributed by atoms with Crippen LogP contribution in [0, 0.1) is 0 Å². The molecule has 0 radical (unpaired) electrons. The van der Waals surface area contributed by atoms with E-state index in [0.29, 0.717) is 12.1 Å². The Kier molecular flexibility index (Phi) is 7.23. The molecule has 1 heterocycles. The molecule has 0 aliphatic carbocycles. The quantitative estimate of drug-likeness (QED) is 0.894. The first-order chi connectivity index (χ1) is 10.9. The van der Waals surface area contributed by atoms with E-state index in [0.717, 1.165) is 12.2 Å². The molecule has 1 aromatic carbocycles. The Labute approximate surface area is 150 Å². The van der Waals surface area contributed by atoms with E-state index < -0.39 is 0 Å². The highest BCUT2D eigenvalue weighted by Crippen LogP contribution is 2.32. The number of rotatable bonds is 5.